The van der Waals surface area contributed by atoms with Gasteiger partial charge in [0.2, 0.25) is 0 Å². The van der Waals surface area contributed by atoms with Crippen molar-refractivity contribution >= 4 is 11.7 Å². The van der Waals surface area contributed by atoms with Crippen molar-refractivity contribution in [2.24, 2.45) is 0 Å². The van der Waals surface area contributed by atoms with Gasteiger partial charge in [-0.25, -0.2) is 23.7 Å². The highest BCUT2D eigenvalue weighted by Crippen LogP contribution is 2.31. The molecule has 8 nitrogen and oxygen atoms in total. The maximum atomic E-state index is 14.0. The number of alkyl halides is 3. The van der Waals surface area contributed by atoms with Crippen LogP contribution in [0.4, 0.5) is 27.8 Å². The number of nitrogens with zero attached hydrogens (tertiary/aromatic N) is 4. The van der Waals surface area contributed by atoms with Gasteiger partial charge in [0, 0.05) is 54.6 Å². The van der Waals surface area contributed by atoms with E-state index >= 15 is 0 Å². The van der Waals surface area contributed by atoms with E-state index in [1.54, 1.807) is 6.20 Å². The Labute approximate surface area is 194 Å². The lowest BCUT2D eigenvalue weighted by Crippen LogP contribution is -2.25. The molecule has 0 saturated carbocycles. The minimum absolute atomic E-state index is 0.0271. The third-order valence-corrected chi connectivity index (χ3v) is 4.73. The largest absolute Gasteiger partial charge is 0.417 e. The number of H-pyrrole nitrogens is 1. The molecule has 3 N–H and O–H groups in total. The fraction of sp³-hybridized carbons (Fsp3) is 0.136. The summed E-state index contributed by atoms with van der Waals surface area (Å²) < 4.78 is 66.6. The van der Waals surface area contributed by atoms with E-state index in [0.29, 0.717) is 18.1 Å². The first-order chi connectivity index (χ1) is 16.7. The number of aromatic amines is 1. The molecule has 3 aromatic heterocycles. The number of pyridine rings is 1. The van der Waals surface area contributed by atoms with E-state index < -0.39 is 29.3 Å². The van der Waals surface area contributed by atoms with Gasteiger partial charge < -0.3 is 15.6 Å². The standard InChI is InChI=1S/C22H16F5N7O/c23-15-2-1-12(16(24)6-15)9-31-18-7-17(21(35)32-11-19-29-3-4-30-19)33-20(34-18)13-5-14(10-28-8-13)22(25,26)27/h1-8,10H,9,11H2,(H,29,30)(H,32,35)(H,31,33,34). The summed E-state index contributed by atoms with van der Waals surface area (Å²) >= 11 is 0. The SMILES string of the molecule is O=C(NCc1ncc[nH]1)c1cc(NCc2ccc(F)cc2F)nc(-c2cncc(C(F)(F)F)c2)n1. The van der Waals surface area contributed by atoms with Crippen LogP contribution in [0.3, 0.4) is 0 Å². The summed E-state index contributed by atoms with van der Waals surface area (Å²) in [6.45, 7) is -0.100. The Morgan fingerprint density at radius 3 is 2.57 bits per heavy atom. The lowest BCUT2D eigenvalue weighted by Gasteiger charge is -2.12. The van der Waals surface area contributed by atoms with Gasteiger partial charge in [-0.1, -0.05) is 6.07 Å². The van der Waals surface area contributed by atoms with E-state index in [1.807, 2.05) is 0 Å². The Kier molecular flexibility index (Phi) is 6.66. The summed E-state index contributed by atoms with van der Waals surface area (Å²) in [5.74, 6) is -1.91. The van der Waals surface area contributed by atoms with Crippen LogP contribution in [0.1, 0.15) is 27.4 Å². The number of carbonyl (C=O) groups excluding carboxylic acids is 1. The number of hydrogen-bond donors (Lipinski definition) is 3. The third-order valence-electron chi connectivity index (χ3n) is 4.73. The number of benzene rings is 1. The molecule has 0 aliphatic rings. The lowest BCUT2D eigenvalue weighted by atomic mass is 10.2. The highest BCUT2D eigenvalue weighted by atomic mass is 19.4. The molecule has 0 bridgehead atoms. The molecular weight excluding hydrogens is 473 g/mol. The molecule has 0 atom stereocenters. The molecule has 180 valence electrons. The quantitative estimate of drug-likeness (QED) is 0.338. The zero-order valence-corrected chi connectivity index (χ0v) is 17.7. The van der Waals surface area contributed by atoms with Crippen LogP contribution in [-0.4, -0.2) is 30.8 Å². The first kappa shape index (κ1) is 23.7. The second kappa shape index (κ2) is 9.83. The van der Waals surface area contributed by atoms with Crippen molar-refractivity contribution in [1.29, 1.82) is 0 Å². The van der Waals surface area contributed by atoms with E-state index in [4.69, 9.17) is 0 Å². The van der Waals surface area contributed by atoms with E-state index in [-0.39, 0.29) is 41.6 Å². The van der Waals surface area contributed by atoms with Crippen LogP contribution in [0.25, 0.3) is 11.4 Å². The van der Waals surface area contributed by atoms with Gasteiger partial charge in [-0.15, -0.1) is 0 Å². The number of imidazole rings is 1. The van der Waals surface area contributed by atoms with Crippen molar-refractivity contribution in [1.82, 2.24) is 30.2 Å². The second-order valence-electron chi connectivity index (χ2n) is 7.23. The van der Waals surface area contributed by atoms with Crippen LogP contribution in [0.5, 0.6) is 0 Å². The first-order valence-electron chi connectivity index (χ1n) is 10.0. The predicted octanol–water partition coefficient (Wildman–Crippen LogP) is 4.10. The van der Waals surface area contributed by atoms with Crippen molar-refractivity contribution in [2.45, 2.75) is 19.3 Å². The summed E-state index contributed by atoms with van der Waals surface area (Å²) in [4.78, 5) is 31.3. The number of carbonyl (C=O) groups is 1. The average Bonchev–Trinajstić information content (AvgIpc) is 3.35. The van der Waals surface area contributed by atoms with Crippen molar-refractivity contribution < 1.29 is 26.7 Å². The number of rotatable bonds is 7. The highest BCUT2D eigenvalue weighted by molar-refractivity contribution is 5.93. The molecule has 4 rings (SSSR count). The van der Waals surface area contributed by atoms with Crippen LogP contribution in [-0.2, 0) is 19.3 Å². The fourth-order valence-electron chi connectivity index (χ4n) is 3.00. The summed E-state index contributed by atoms with van der Waals surface area (Å²) in [6.07, 6.45) is 0.198. The zero-order chi connectivity index (χ0) is 25.0. The van der Waals surface area contributed by atoms with E-state index in [2.05, 4.69) is 35.6 Å². The Morgan fingerprint density at radius 1 is 1.03 bits per heavy atom. The van der Waals surface area contributed by atoms with Crippen LogP contribution in [0, 0.1) is 11.6 Å². The molecule has 0 unspecified atom stereocenters. The van der Waals surface area contributed by atoms with Gasteiger partial charge >= 0.3 is 6.18 Å². The van der Waals surface area contributed by atoms with Gasteiger partial charge in [0.25, 0.3) is 5.91 Å². The monoisotopic (exact) mass is 489 g/mol. The number of nitrogens with one attached hydrogen (secondary N) is 3. The van der Waals surface area contributed by atoms with Crippen molar-refractivity contribution in [3.8, 4) is 11.4 Å². The van der Waals surface area contributed by atoms with Crippen molar-refractivity contribution in [2.75, 3.05) is 5.32 Å². The molecule has 1 amide bonds. The lowest BCUT2D eigenvalue weighted by molar-refractivity contribution is -0.137. The average molecular weight is 489 g/mol. The van der Waals surface area contributed by atoms with Crippen LogP contribution in [0.15, 0.2) is 55.1 Å². The molecule has 0 aliphatic carbocycles. The maximum absolute atomic E-state index is 14.0. The Bertz CT molecular complexity index is 1340. The van der Waals surface area contributed by atoms with Crippen LogP contribution < -0.4 is 10.6 Å². The third kappa shape index (κ3) is 5.93. The predicted molar refractivity (Wildman–Crippen MR) is 114 cm³/mol. The fourth-order valence-corrected chi connectivity index (χ4v) is 3.00. The van der Waals surface area contributed by atoms with Crippen molar-refractivity contribution in [3.63, 3.8) is 0 Å². The van der Waals surface area contributed by atoms with E-state index in [0.717, 1.165) is 18.3 Å². The van der Waals surface area contributed by atoms with E-state index in [1.165, 1.54) is 18.3 Å². The van der Waals surface area contributed by atoms with Gasteiger partial charge in [0.1, 0.15) is 29.0 Å². The minimum Gasteiger partial charge on any atom is -0.366 e. The number of amides is 1. The molecule has 0 spiro atoms. The molecule has 0 saturated heterocycles. The molecule has 3 heterocycles. The Morgan fingerprint density at radius 2 is 1.86 bits per heavy atom. The molecule has 4 aromatic rings. The number of halogens is 5. The number of anilines is 1. The molecule has 35 heavy (non-hydrogen) atoms. The van der Waals surface area contributed by atoms with Gasteiger partial charge in [0.05, 0.1) is 12.1 Å². The Hall–Kier alpha value is -4.42. The van der Waals surface area contributed by atoms with Crippen LogP contribution >= 0.6 is 0 Å². The second-order valence-corrected chi connectivity index (χ2v) is 7.23. The van der Waals surface area contributed by atoms with Gasteiger partial charge in [-0.3, -0.25) is 9.78 Å². The van der Waals surface area contributed by atoms with E-state index in [9.17, 15) is 26.7 Å². The molecule has 0 radical (unpaired) electrons. The van der Waals surface area contributed by atoms with Gasteiger partial charge in [-0.05, 0) is 12.1 Å². The summed E-state index contributed by atoms with van der Waals surface area (Å²) in [5.41, 5.74) is -1.16. The van der Waals surface area contributed by atoms with Crippen LogP contribution in [0.2, 0.25) is 0 Å². The molecule has 13 heteroatoms. The summed E-state index contributed by atoms with van der Waals surface area (Å²) in [7, 11) is 0. The molecular formula is C22H16F5N7O. The highest BCUT2D eigenvalue weighted by Gasteiger charge is 2.31. The summed E-state index contributed by atoms with van der Waals surface area (Å²) in [5, 5.41) is 5.37. The molecule has 1 aromatic carbocycles. The minimum atomic E-state index is -4.65. The van der Waals surface area contributed by atoms with Gasteiger partial charge in [0.15, 0.2) is 5.82 Å². The smallest absolute Gasteiger partial charge is 0.366 e. The normalized spacial score (nSPS) is 11.3. The number of hydrogen-bond acceptors (Lipinski definition) is 6. The van der Waals surface area contributed by atoms with Gasteiger partial charge in [-0.2, -0.15) is 13.2 Å². The topological polar surface area (TPSA) is 108 Å². The Balaban J connectivity index is 1.65. The van der Waals surface area contributed by atoms with Crippen molar-refractivity contribution in [3.05, 3.63) is 89.4 Å². The summed E-state index contributed by atoms with van der Waals surface area (Å²) in [6, 6.07) is 5.07. The zero-order valence-electron chi connectivity index (χ0n) is 17.7. The molecule has 0 aliphatic heterocycles. The maximum Gasteiger partial charge on any atom is 0.417 e. The first-order valence-corrected chi connectivity index (χ1v) is 10.0. The number of aromatic nitrogens is 5. The molecule has 0 fully saturated rings.